The summed E-state index contributed by atoms with van der Waals surface area (Å²) in [5.74, 6) is -2.19. The lowest BCUT2D eigenvalue weighted by molar-refractivity contribution is -0.115. The quantitative estimate of drug-likeness (QED) is 0.285. The van der Waals surface area contributed by atoms with Crippen LogP contribution in [-0.2, 0) is 19.0 Å². The molecule has 1 unspecified atom stereocenters. The summed E-state index contributed by atoms with van der Waals surface area (Å²) in [5, 5.41) is 11.7. The smallest absolute Gasteiger partial charge is 0.348 e. The highest BCUT2D eigenvalue weighted by Crippen LogP contribution is 2.40. The zero-order chi connectivity index (χ0) is 25.6. The summed E-state index contributed by atoms with van der Waals surface area (Å²) in [6.45, 7) is 8.58. The van der Waals surface area contributed by atoms with Crippen molar-refractivity contribution in [3.05, 3.63) is 32.0 Å². The van der Waals surface area contributed by atoms with Gasteiger partial charge in [-0.3, -0.25) is 4.79 Å². The van der Waals surface area contributed by atoms with Gasteiger partial charge in [0.05, 0.1) is 40.9 Å². The average Bonchev–Trinajstić information content (AvgIpc) is 3.29. The van der Waals surface area contributed by atoms with E-state index in [1.165, 1.54) is 7.11 Å². The van der Waals surface area contributed by atoms with Crippen LogP contribution in [0.2, 0.25) is 0 Å². The Morgan fingerprint density at radius 3 is 2.06 bits per heavy atom. The van der Waals surface area contributed by atoms with Gasteiger partial charge >= 0.3 is 17.9 Å². The fraction of sp³-hybridized carbons (Fsp3) is 0.409. The first kappa shape index (κ1) is 27.4. The fourth-order valence-electron chi connectivity index (χ4n) is 2.85. The molecule has 0 saturated carbocycles. The first-order chi connectivity index (χ1) is 16.1. The van der Waals surface area contributed by atoms with E-state index in [0.29, 0.717) is 15.3 Å². The van der Waals surface area contributed by atoms with Crippen LogP contribution in [0.1, 0.15) is 67.2 Å². The number of nitrogens with zero attached hydrogens (tertiary/aromatic N) is 1. The minimum Gasteiger partial charge on any atom is -0.465 e. The molecule has 0 bridgehead atoms. The van der Waals surface area contributed by atoms with Crippen molar-refractivity contribution in [2.75, 3.05) is 25.6 Å². The van der Waals surface area contributed by atoms with Crippen molar-refractivity contribution < 1.29 is 33.4 Å². The summed E-state index contributed by atoms with van der Waals surface area (Å²) in [6.07, 6.45) is 0. The van der Waals surface area contributed by atoms with Gasteiger partial charge in [0.25, 0.3) is 0 Å². The van der Waals surface area contributed by atoms with Crippen LogP contribution in [0, 0.1) is 25.2 Å². The number of thioether (sulfide) groups is 1. The second-order valence-corrected chi connectivity index (χ2v) is 10.4. The van der Waals surface area contributed by atoms with Crippen molar-refractivity contribution in [3.63, 3.8) is 0 Å². The predicted octanol–water partition coefficient (Wildman–Crippen LogP) is 4.56. The number of esters is 3. The number of hydrogen-bond acceptors (Lipinski definition) is 11. The Hall–Kier alpha value is -2.88. The SMILES string of the molecule is CCOC(=O)c1sc(NC(=O)C(C)Sc2sc(C(=O)OCC)c(C)c2C(=O)OC)c(C#N)c1C. The summed E-state index contributed by atoms with van der Waals surface area (Å²) < 4.78 is 15.4. The van der Waals surface area contributed by atoms with Gasteiger partial charge in [-0.05, 0) is 45.7 Å². The molecule has 2 rings (SSSR count). The van der Waals surface area contributed by atoms with Crippen molar-refractivity contribution in [2.45, 2.75) is 44.1 Å². The molecule has 12 heteroatoms. The molecule has 0 aromatic carbocycles. The number of methoxy groups -OCH3 is 1. The second-order valence-electron chi connectivity index (χ2n) is 6.77. The molecule has 1 N–H and O–H groups in total. The number of thiophene rings is 2. The maximum absolute atomic E-state index is 12.9. The molecule has 182 valence electrons. The molecule has 0 aliphatic carbocycles. The van der Waals surface area contributed by atoms with E-state index in [9.17, 15) is 24.4 Å². The standard InChI is InChI=1S/C22H24N2O7S3/c1-7-30-20(27)15-10(3)13(9-23)18(33-15)24-17(25)12(5)32-22-14(19(26)29-6)11(4)16(34-22)21(28)31-8-2/h12H,7-8H2,1-6H3,(H,24,25). The molecule has 2 aromatic heterocycles. The number of amides is 1. The Balaban J connectivity index is 2.32. The van der Waals surface area contributed by atoms with Crippen molar-refractivity contribution in [3.8, 4) is 6.07 Å². The van der Waals surface area contributed by atoms with E-state index < -0.39 is 29.1 Å². The number of ether oxygens (including phenoxy) is 3. The molecule has 0 radical (unpaired) electrons. The van der Waals surface area contributed by atoms with Crippen LogP contribution in [0.4, 0.5) is 5.00 Å². The minimum absolute atomic E-state index is 0.181. The molecule has 0 fully saturated rings. The Morgan fingerprint density at radius 2 is 1.56 bits per heavy atom. The normalized spacial score (nSPS) is 11.3. The van der Waals surface area contributed by atoms with E-state index in [1.54, 1.807) is 34.6 Å². The average molecular weight is 525 g/mol. The lowest BCUT2D eigenvalue weighted by Crippen LogP contribution is -2.22. The maximum atomic E-state index is 12.9. The largest absolute Gasteiger partial charge is 0.465 e. The van der Waals surface area contributed by atoms with Gasteiger partial charge in [0.1, 0.15) is 20.8 Å². The molecular formula is C22H24N2O7S3. The second kappa shape index (κ2) is 12.0. The first-order valence-electron chi connectivity index (χ1n) is 10.2. The molecule has 1 atom stereocenters. The first-order valence-corrected chi connectivity index (χ1v) is 12.7. The Labute approximate surface area is 209 Å². The summed E-state index contributed by atoms with van der Waals surface area (Å²) >= 11 is 3.10. The summed E-state index contributed by atoms with van der Waals surface area (Å²) in [5.41, 5.74) is 1.24. The lowest BCUT2D eigenvalue weighted by atomic mass is 10.2. The monoisotopic (exact) mass is 524 g/mol. The number of carbonyl (C=O) groups is 4. The number of nitrogens with one attached hydrogen (secondary N) is 1. The van der Waals surface area contributed by atoms with Crippen LogP contribution >= 0.6 is 34.4 Å². The van der Waals surface area contributed by atoms with Crippen LogP contribution in [0.15, 0.2) is 4.21 Å². The zero-order valence-corrected chi connectivity index (χ0v) is 22.0. The van der Waals surface area contributed by atoms with Gasteiger partial charge in [-0.1, -0.05) is 0 Å². The number of nitriles is 1. The summed E-state index contributed by atoms with van der Waals surface area (Å²) in [7, 11) is 1.23. The van der Waals surface area contributed by atoms with Gasteiger partial charge in [-0.15, -0.1) is 34.4 Å². The van der Waals surface area contributed by atoms with E-state index in [0.717, 1.165) is 34.4 Å². The molecule has 0 spiro atoms. The highest BCUT2D eigenvalue weighted by atomic mass is 32.2. The van der Waals surface area contributed by atoms with Crippen LogP contribution in [0.3, 0.4) is 0 Å². The third-order valence-corrected chi connectivity index (χ3v) is 8.35. The zero-order valence-electron chi connectivity index (χ0n) is 19.5. The van der Waals surface area contributed by atoms with Crippen LogP contribution in [0.5, 0.6) is 0 Å². The van der Waals surface area contributed by atoms with Gasteiger partial charge in [-0.25, -0.2) is 14.4 Å². The van der Waals surface area contributed by atoms with E-state index in [-0.39, 0.29) is 39.1 Å². The topological polar surface area (TPSA) is 132 Å². The molecule has 0 aliphatic rings. The molecule has 34 heavy (non-hydrogen) atoms. The molecule has 2 aromatic rings. The van der Waals surface area contributed by atoms with E-state index in [4.69, 9.17) is 14.2 Å². The summed E-state index contributed by atoms with van der Waals surface area (Å²) in [4.78, 5) is 50.2. The minimum atomic E-state index is -0.712. The molecule has 0 saturated heterocycles. The Kier molecular flexibility index (Phi) is 9.66. The van der Waals surface area contributed by atoms with Gasteiger partial charge in [0, 0.05) is 0 Å². The van der Waals surface area contributed by atoms with Gasteiger partial charge in [-0.2, -0.15) is 5.26 Å². The van der Waals surface area contributed by atoms with E-state index >= 15 is 0 Å². The fourth-order valence-corrected chi connectivity index (χ4v) is 6.55. The van der Waals surface area contributed by atoms with Crippen molar-refractivity contribution >= 4 is 63.3 Å². The number of rotatable bonds is 9. The highest BCUT2D eigenvalue weighted by Gasteiger charge is 2.29. The highest BCUT2D eigenvalue weighted by molar-refractivity contribution is 8.02. The predicted molar refractivity (Wildman–Crippen MR) is 130 cm³/mol. The van der Waals surface area contributed by atoms with E-state index in [1.807, 2.05) is 6.07 Å². The lowest BCUT2D eigenvalue weighted by Gasteiger charge is -2.11. The van der Waals surface area contributed by atoms with Crippen LogP contribution < -0.4 is 5.32 Å². The molecule has 1 amide bonds. The van der Waals surface area contributed by atoms with E-state index in [2.05, 4.69) is 5.32 Å². The molecule has 9 nitrogen and oxygen atoms in total. The number of hydrogen-bond donors (Lipinski definition) is 1. The third kappa shape index (κ3) is 5.78. The van der Waals surface area contributed by atoms with Crippen molar-refractivity contribution in [1.29, 1.82) is 5.26 Å². The van der Waals surface area contributed by atoms with Gasteiger partial charge in [0.15, 0.2) is 0 Å². The molecule has 2 heterocycles. The summed E-state index contributed by atoms with van der Waals surface area (Å²) in [6, 6.07) is 2.01. The van der Waals surface area contributed by atoms with Crippen molar-refractivity contribution in [1.82, 2.24) is 0 Å². The van der Waals surface area contributed by atoms with Crippen molar-refractivity contribution in [2.24, 2.45) is 0 Å². The molecule has 0 aliphatic heterocycles. The Morgan fingerprint density at radius 1 is 1.00 bits per heavy atom. The Bertz CT molecular complexity index is 1160. The van der Waals surface area contributed by atoms with Gasteiger partial charge in [0.2, 0.25) is 5.91 Å². The number of anilines is 1. The maximum Gasteiger partial charge on any atom is 0.348 e. The number of carbonyl (C=O) groups excluding carboxylic acids is 4. The van der Waals surface area contributed by atoms with Crippen LogP contribution in [0.25, 0.3) is 0 Å². The van der Waals surface area contributed by atoms with Gasteiger partial charge < -0.3 is 19.5 Å². The third-order valence-electron chi connectivity index (χ3n) is 4.57. The van der Waals surface area contributed by atoms with Crippen LogP contribution in [-0.4, -0.2) is 49.4 Å². The molecular weight excluding hydrogens is 500 g/mol.